The number of benzene rings is 1. The number of allylic oxidation sites excluding steroid dienone is 1. The summed E-state index contributed by atoms with van der Waals surface area (Å²) in [5.41, 5.74) is 11.3. The van der Waals surface area contributed by atoms with E-state index in [1.54, 1.807) is 12.4 Å². The molecule has 0 aromatic heterocycles. The van der Waals surface area contributed by atoms with Gasteiger partial charge in [0.25, 0.3) is 5.91 Å². The fourth-order valence-corrected chi connectivity index (χ4v) is 3.56. The molecule has 3 amide bonds. The Labute approximate surface area is 197 Å². The standard InChI is InChI=1S/C25H40N4O4/c1-6-22(26)25(32)29(16-18(4)5)27-23(30)21(15-17(2)3)20(24(31)28-33)14-10-13-19-11-8-7-9-12-19/h7-13,17-18,20-22,33H,6,14-16,26H2,1-5H3,(H,27,30)(H,28,31)/b13-10+/t20-,21+,22+/m0/s1. The highest BCUT2D eigenvalue weighted by Crippen LogP contribution is 2.25. The summed E-state index contributed by atoms with van der Waals surface area (Å²) in [5, 5.41) is 10.6. The van der Waals surface area contributed by atoms with Crippen LogP contribution in [0.5, 0.6) is 0 Å². The van der Waals surface area contributed by atoms with Crippen LogP contribution in [0.15, 0.2) is 36.4 Å². The lowest BCUT2D eigenvalue weighted by molar-refractivity contribution is -0.148. The maximum Gasteiger partial charge on any atom is 0.257 e. The molecule has 0 bridgehead atoms. The molecule has 0 saturated carbocycles. The molecule has 0 saturated heterocycles. The van der Waals surface area contributed by atoms with Gasteiger partial charge >= 0.3 is 0 Å². The molecule has 3 atom stereocenters. The van der Waals surface area contributed by atoms with Gasteiger partial charge in [0.05, 0.1) is 17.9 Å². The van der Waals surface area contributed by atoms with E-state index >= 15 is 0 Å². The van der Waals surface area contributed by atoms with Gasteiger partial charge in [0.1, 0.15) is 0 Å². The SMILES string of the molecule is CC[C@@H](N)C(=O)N(CC(C)C)NC(=O)[C@H](CC(C)C)[C@H](C/C=C/c1ccccc1)C(=O)NO. The summed E-state index contributed by atoms with van der Waals surface area (Å²) in [6.45, 7) is 9.89. The molecule has 0 unspecified atom stereocenters. The molecule has 1 aromatic carbocycles. The number of hydrogen-bond acceptors (Lipinski definition) is 5. The minimum atomic E-state index is -0.812. The van der Waals surface area contributed by atoms with E-state index in [1.165, 1.54) is 5.01 Å². The van der Waals surface area contributed by atoms with Crippen molar-refractivity contribution >= 4 is 23.8 Å². The molecule has 0 radical (unpaired) electrons. The minimum absolute atomic E-state index is 0.104. The summed E-state index contributed by atoms with van der Waals surface area (Å²) < 4.78 is 0. The van der Waals surface area contributed by atoms with Crippen molar-refractivity contribution in [2.45, 2.75) is 59.9 Å². The fourth-order valence-electron chi connectivity index (χ4n) is 3.56. The van der Waals surface area contributed by atoms with Crippen LogP contribution in [0.3, 0.4) is 0 Å². The first-order valence-electron chi connectivity index (χ1n) is 11.6. The molecule has 0 fully saturated rings. The maximum atomic E-state index is 13.3. The van der Waals surface area contributed by atoms with Crippen LogP contribution >= 0.6 is 0 Å². The van der Waals surface area contributed by atoms with Crippen molar-refractivity contribution in [3.8, 4) is 0 Å². The Morgan fingerprint density at radius 3 is 2.18 bits per heavy atom. The molecular weight excluding hydrogens is 420 g/mol. The number of carbonyl (C=O) groups is 3. The normalized spacial score (nSPS) is 14.2. The zero-order chi connectivity index (χ0) is 25.0. The van der Waals surface area contributed by atoms with Crippen molar-refractivity contribution in [1.82, 2.24) is 15.9 Å². The van der Waals surface area contributed by atoms with Gasteiger partial charge in [0.2, 0.25) is 11.8 Å². The minimum Gasteiger partial charge on any atom is -0.320 e. The molecule has 8 nitrogen and oxygen atoms in total. The van der Waals surface area contributed by atoms with Gasteiger partial charge in [-0.2, -0.15) is 0 Å². The zero-order valence-electron chi connectivity index (χ0n) is 20.5. The third-order valence-electron chi connectivity index (χ3n) is 5.31. The van der Waals surface area contributed by atoms with Gasteiger partial charge in [0.15, 0.2) is 0 Å². The summed E-state index contributed by atoms with van der Waals surface area (Å²) in [6.07, 6.45) is 4.79. The van der Waals surface area contributed by atoms with E-state index in [4.69, 9.17) is 5.73 Å². The number of hydrazine groups is 1. The van der Waals surface area contributed by atoms with E-state index in [-0.39, 0.29) is 24.2 Å². The van der Waals surface area contributed by atoms with Gasteiger partial charge in [-0.25, -0.2) is 5.48 Å². The Kier molecular flexibility index (Phi) is 12.4. The average Bonchev–Trinajstić information content (AvgIpc) is 2.78. The summed E-state index contributed by atoms with van der Waals surface area (Å²) in [7, 11) is 0. The summed E-state index contributed by atoms with van der Waals surface area (Å²) in [4.78, 5) is 38.6. The van der Waals surface area contributed by atoms with E-state index in [0.717, 1.165) is 5.56 Å². The third kappa shape index (κ3) is 9.75. The predicted molar refractivity (Wildman–Crippen MR) is 129 cm³/mol. The third-order valence-corrected chi connectivity index (χ3v) is 5.31. The quantitative estimate of drug-likeness (QED) is 0.282. The van der Waals surface area contributed by atoms with E-state index in [2.05, 4.69) is 5.43 Å². The molecule has 0 aliphatic carbocycles. The van der Waals surface area contributed by atoms with Crippen molar-refractivity contribution in [3.63, 3.8) is 0 Å². The Morgan fingerprint density at radius 1 is 1.03 bits per heavy atom. The highest BCUT2D eigenvalue weighted by Gasteiger charge is 2.35. The molecule has 0 spiro atoms. The van der Waals surface area contributed by atoms with Crippen LogP contribution in [-0.4, -0.2) is 40.5 Å². The zero-order valence-corrected chi connectivity index (χ0v) is 20.5. The molecule has 0 heterocycles. The Balaban J connectivity index is 3.15. The number of hydroxylamine groups is 1. The van der Waals surface area contributed by atoms with Crippen LogP contribution in [0, 0.1) is 23.7 Å². The van der Waals surface area contributed by atoms with Crippen LogP contribution in [-0.2, 0) is 14.4 Å². The second-order valence-corrected chi connectivity index (χ2v) is 9.20. The summed E-state index contributed by atoms with van der Waals surface area (Å²) >= 11 is 0. The predicted octanol–water partition coefficient (Wildman–Crippen LogP) is 3.13. The number of amides is 3. The van der Waals surface area contributed by atoms with Crippen LogP contribution in [0.4, 0.5) is 0 Å². The van der Waals surface area contributed by atoms with Gasteiger partial charge < -0.3 is 5.73 Å². The average molecular weight is 461 g/mol. The topological polar surface area (TPSA) is 125 Å². The number of nitrogens with two attached hydrogens (primary N) is 1. The number of carbonyl (C=O) groups excluding carboxylic acids is 3. The highest BCUT2D eigenvalue weighted by atomic mass is 16.5. The first-order chi connectivity index (χ1) is 15.6. The smallest absolute Gasteiger partial charge is 0.257 e. The number of hydrogen-bond donors (Lipinski definition) is 4. The molecular formula is C25H40N4O4. The summed E-state index contributed by atoms with van der Waals surface area (Å²) in [6, 6.07) is 8.88. The van der Waals surface area contributed by atoms with E-state index in [9.17, 15) is 19.6 Å². The lowest BCUT2D eigenvalue weighted by Crippen LogP contribution is -2.56. The molecule has 184 valence electrons. The maximum absolute atomic E-state index is 13.3. The Morgan fingerprint density at radius 2 is 1.67 bits per heavy atom. The second-order valence-electron chi connectivity index (χ2n) is 9.20. The molecule has 0 aliphatic rings. The van der Waals surface area contributed by atoms with Gasteiger partial charge in [-0.1, -0.05) is 77.1 Å². The lowest BCUT2D eigenvalue weighted by atomic mass is 9.82. The molecule has 8 heteroatoms. The van der Waals surface area contributed by atoms with Gasteiger partial charge in [0, 0.05) is 6.54 Å². The molecule has 1 aromatic rings. The fraction of sp³-hybridized carbons (Fsp3) is 0.560. The molecule has 33 heavy (non-hydrogen) atoms. The summed E-state index contributed by atoms with van der Waals surface area (Å²) in [5.74, 6) is -2.79. The van der Waals surface area contributed by atoms with Crippen molar-refractivity contribution in [3.05, 3.63) is 42.0 Å². The Hall–Kier alpha value is -2.71. The van der Waals surface area contributed by atoms with Gasteiger partial charge in [-0.15, -0.1) is 0 Å². The van der Waals surface area contributed by atoms with Gasteiger partial charge in [-0.05, 0) is 36.7 Å². The molecule has 1 rings (SSSR count). The van der Waals surface area contributed by atoms with E-state index in [0.29, 0.717) is 19.4 Å². The van der Waals surface area contributed by atoms with Crippen molar-refractivity contribution < 1.29 is 19.6 Å². The molecule has 5 N–H and O–H groups in total. The second kappa shape index (κ2) is 14.4. The highest BCUT2D eigenvalue weighted by molar-refractivity contribution is 5.89. The number of rotatable bonds is 12. The van der Waals surface area contributed by atoms with Crippen LogP contribution in [0.25, 0.3) is 6.08 Å². The van der Waals surface area contributed by atoms with Crippen molar-refractivity contribution in [2.24, 2.45) is 29.4 Å². The largest absolute Gasteiger partial charge is 0.320 e. The van der Waals surface area contributed by atoms with Crippen LogP contribution < -0.4 is 16.6 Å². The van der Waals surface area contributed by atoms with Crippen molar-refractivity contribution in [2.75, 3.05) is 6.54 Å². The number of nitrogens with one attached hydrogen (secondary N) is 2. The first kappa shape index (κ1) is 28.3. The van der Waals surface area contributed by atoms with E-state index in [1.807, 2.05) is 70.2 Å². The number of nitrogens with zero attached hydrogens (tertiary/aromatic N) is 1. The van der Waals surface area contributed by atoms with Gasteiger partial charge in [-0.3, -0.25) is 30.0 Å². The monoisotopic (exact) mass is 460 g/mol. The Bertz CT molecular complexity index is 780. The molecule has 0 aliphatic heterocycles. The van der Waals surface area contributed by atoms with Crippen LogP contribution in [0.1, 0.15) is 59.4 Å². The van der Waals surface area contributed by atoms with Crippen molar-refractivity contribution in [1.29, 1.82) is 0 Å². The van der Waals surface area contributed by atoms with E-state index < -0.39 is 29.7 Å². The first-order valence-corrected chi connectivity index (χ1v) is 11.6. The lowest BCUT2D eigenvalue weighted by Gasteiger charge is -2.31. The van der Waals surface area contributed by atoms with Crippen LogP contribution in [0.2, 0.25) is 0 Å².